The average Bonchev–Trinajstić information content (AvgIpc) is 2.17. The molecule has 0 radical (unpaired) electrons. The molecule has 0 unspecified atom stereocenters. The highest BCUT2D eigenvalue weighted by Crippen LogP contribution is 2.15. The van der Waals surface area contributed by atoms with Crippen molar-refractivity contribution in [3.63, 3.8) is 0 Å². The van der Waals surface area contributed by atoms with E-state index >= 15 is 0 Å². The number of nitrogens with zero attached hydrogens (tertiary/aromatic N) is 1. The Balaban J connectivity index is 2.92. The molecule has 2 nitrogen and oxygen atoms in total. The molecule has 1 aromatic carbocycles. The Morgan fingerprint density at radius 3 is 2.42 bits per heavy atom. The maximum Gasteiger partial charge on any atom is 0.175 e. The second kappa shape index (κ2) is 4.38. The quantitative estimate of drug-likeness (QED) is 0.346. The van der Waals surface area contributed by atoms with Crippen molar-refractivity contribution in [3.05, 3.63) is 29.8 Å². The predicted octanol–water partition coefficient (Wildman–Crippen LogP) is 2.78. The van der Waals surface area contributed by atoms with Gasteiger partial charge in [-0.1, -0.05) is 28.9 Å². The van der Waals surface area contributed by atoms with E-state index in [9.17, 15) is 0 Å². The zero-order chi connectivity index (χ0) is 8.97. The van der Waals surface area contributed by atoms with Crippen LogP contribution in [0.1, 0.15) is 5.56 Å². The lowest BCUT2D eigenvalue weighted by atomic mass is 10.2. The normalized spacial score (nSPS) is 11.7. The number of benzene rings is 1. The summed E-state index contributed by atoms with van der Waals surface area (Å²) in [6.45, 7) is 0. The summed E-state index contributed by atoms with van der Waals surface area (Å²) in [5, 5.41) is 11.4. The van der Waals surface area contributed by atoms with Gasteiger partial charge >= 0.3 is 0 Å². The molecule has 1 rings (SSSR count). The molecule has 0 fully saturated rings. The molecule has 4 heteroatoms. The van der Waals surface area contributed by atoms with Crippen molar-refractivity contribution in [2.24, 2.45) is 5.16 Å². The molecule has 0 aliphatic heterocycles. The van der Waals surface area contributed by atoms with Crippen LogP contribution in [0.3, 0.4) is 0 Å². The van der Waals surface area contributed by atoms with Crippen LogP contribution in [0.4, 0.5) is 0 Å². The maximum atomic E-state index is 8.37. The standard InChI is InChI=1S/C8H8ClNOS/c1-12-7-4-2-6(3-5-7)8(9)10-11/h2-5,11H,1H3/b10-8-. The van der Waals surface area contributed by atoms with Crippen LogP contribution >= 0.6 is 23.4 Å². The van der Waals surface area contributed by atoms with Crippen molar-refractivity contribution < 1.29 is 5.21 Å². The Kier molecular flexibility index (Phi) is 3.44. The highest BCUT2D eigenvalue weighted by molar-refractivity contribution is 7.98. The first-order chi connectivity index (χ1) is 5.77. The summed E-state index contributed by atoms with van der Waals surface area (Å²) in [4.78, 5) is 1.15. The summed E-state index contributed by atoms with van der Waals surface area (Å²) in [5.74, 6) is 0. The van der Waals surface area contributed by atoms with Crippen molar-refractivity contribution in [2.75, 3.05) is 6.26 Å². The largest absolute Gasteiger partial charge is 0.410 e. The van der Waals surface area contributed by atoms with E-state index in [-0.39, 0.29) is 5.17 Å². The molecule has 12 heavy (non-hydrogen) atoms. The van der Waals surface area contributed by atoms with Crippen molar-refractivity contribution in [1.82, 2.24) is 0 Å². The van der Waals surface area contributed by atoms with Crippen LogP contribution in [0.25, 0.3) is 0 Å². The highest BCUT2D eigenvalue weighted by atomic mass is 35.5. The first kappa shape index (κ1) is 9.42. The van der Waals surface area contributed by atoms with Crippen molar-refractivity contribution in [2.45, 2.75) is 4.90 Å². The molecular weight excluding hydrogens is 194 g/mol. The van der Waals surface area contributed by atoms with Gasteiger partial charge in [-0.25, -0.2) is 0 Å². The summed E-state index contributed by atoms with van der Waals surface area (Å²) in [7, 11) is 0. The lowest BCUT2D eigenvalue weighted by molar-refractivity contribution is 0.321. The number of hydrogen-bond acceptors (Lipinski definition) is 3. The number of hydrogen-bond donors (Lipinski definition) is 1. The Hall–Kier alpha value is -0.670. The minimum Gasteiger partial charge on any atom is -0.410 e. The van der Waals surface area contributed by atoms with Crippen molar-refractivity contribution >= 4 is 28.5 Å². The van der Waals surface area contributed by atoms with Crippen LogP contribution in [0.15, 0.2) is 34.3 Å². The zero-order valence-electron chi connectivity index (χ0n) is 6.49. The molecule has 0 bridgehead atoms. The van der Waals surface area contributed by atoms with E-state index in [2.05, 4.69) is 5.16 Å². The number of halogens is 1. The molecule has 0 saturated heterocycles. The van der Waals surface area contributed by atoms with Gasteiger partial charge in [0.05, 0.1) is 0 Å². The van der Waals surface area contributed by atoms with Gasteiger partial charge in [0.15, 0.2) is 5.17 Å². The molecule has 0 atom stereocenters. The zero-order valence-corrected chi connectivity index (χ0v) is 8.06. The molecule has 1 N–H and O–H groups in total. The molecule has 0 saturated carbocycles. The van der Waals surface area contributed by atoms with Gasteiger partial charge in [0, 0.05) is 10.5 Å². The smallest absolute Gasteiger partial charge is 0.175 e. The molecule has 0 aromatic heterocycles. The number of thioether (sulfide) groups is 1. The molecule has 0 heterocycles. The fourth-order valence-corrected chi connectivity index (χ4v) is 1.32. The second-order valence-corrected chi connectivity index (χ2v) is 3.36. The third-order valence-corrected chi connectivity index (χ3v) is 2.45. The molecular formula is C8H8ClNOS. The van der Waals surface area contributed by atoms with Crippen LogP contribution < -0.4 is 0 Å². The van der Waals surface area contributed by atoms with Gasteiger partial charge in [0.2, 0.25) is 0 Å². The summed E-state index contributed by atoms with van der Waals surface area (Å²) in [6.07, 6.45) is 2.00. The minimum atomic E-state index is 0.114. The Morgan fingerprint density at radius 1 is 1.42 bits per heavy atom. The topological polar surface area (TPSA) is 32.6 Å². The fraction of sp³-hybridized carbons (Fsp3) is 0.125. The van der Waals surface area contributed by atoms with E-state index in [0.717, 1.165) is 10.5 Å². The van der Waals surface area contributed by atoms with Gasteiger partial charge < -0.3 is 5.21 Å². The fourth-order valence-electron chi connectivity index (χ4n) is 0.786. The molecule has 0 amide bonds. The summed E-state index contributed by atoms with van der Waals surface area (Å²) < 4.78 is 0. The lowest BCUT2D eigenvalue weighted by Gasteiger charge is -1.97. The third kappa shape index (κ3) is 2.16. The Bertz CT molecular complexity index is 284. The monoisotopic (exact) mass is 201 g/mol. The van der Waals surface area contributed by atoms with Gasteiger partial charge in [0.1, 0.15) is 0 Å². The van der Waals surface area contributed by atoms with Crippen molar-refractivity contribution in [1.29, 1.82) is 0 Å². The third-order valence-electron chi connectivity index (χ3n) is 1.42. The van der Waals surface area contributed by atoms with Crippen LogP contribution in [-0.2, 0) is 0 Å². The predicted molar refractivity (Wildman–Crippen MR) is 52.4 cm³/mol. The molecule has 0 aliphatic carbocycles. The molecule has 0 spiro atoms. The summed E-state index contributed by atoms with van der Waals surface area (Å²) in [6, 6.07) is 7.48. The van der Waals surface area contributed by atoms with E-state index in [4.69, 9.17) is 16.8 Å². The van der Waals surface area contributed by atoms with Gasteiger partial charge in [0.25, 0.3) is 0 Å². The Labute approximate surface area is 80.2 Å². The summed E-state index contributed by atoms with van der Waals surface area (Å²) >= 11 is 7.23. The molecule has 1 aromatic rings. The van der Waals surface area contributed by atoms with E-state index in [1.807, 2.05) is 30.5 Å². The number of rotatable bonds is 2. The van der Waals surface area contributed by atoms with Crippen LogP contribution in [0, 0.1) is 0 Å². The van der Waals surface area contributed by atoms with Crippen LogP contribution in [0.2, 0.25) is 0 Å². The van der Waals surface area contributed by atoms with E-state index in [1.165, 1.54) is 0 Å². The minimum absolute atomic E-state index is 0.114. The Morgan fingerprint density at radius 2 is 2.00 bits per heavy atom. The van der Waals surface area contributed by atoms with Crippen LogP contribution in [0.5, 0.6) is 0 Å². The van der Waals surface area contributed by atoms with Gasteiger partial charge in [-0.15, -0.1) is 11.8 Å². The van der Waals surface area contributed by atoms with Gasteiger partial charge in [-0.05, 0) is 18.4 Å². The second-order valence-electron chi connectivity index (χ2n) is 2.12. The SMILES string of the molecule is CSc1ccc(/C(Cl)=N/O)cc1. The van der Waals surface area contributed by atoms with E-state index in [0.29, 0.717) is 0 Å². The molecule has 0 aliphatic rings. The maximum absolute atomic E-state index is 8.37. The van der Waals surface area contributed by atoms with E-state index in [1.54, 1.807) is 11.8 Å². The van der Waals surface area contributed by atoms with Gasteiger partial charge in [-0.2, -0.15) is 0 Å². The number of oxime groups is 1. The van der Waals surface area contributed by atoms with E-state index < -0.39 is 0 Å². The van der Waals surface area contributed by atoms with Crippen molar-refractivity contribution in [3.8, 4) is 0 Å². The first-order valence-electron chi connectivity index (χ1n) is 3.30. The summed E-state index contributed by atoms with van der Waals surface area (Å²) in [5.41, 5.74) is 0.719. The first-order valence-corrected chi connectivity index (χ1v) is 4.90. The van der Waals surface area contributed by atoms with Crippen LogP contribution in [-0.4, -0.2) is 16.6 Å². The van der Waals surface area contributed by atoms with Gasteiger partial charge in [-0.3, -0.25) is 0 Å². The molecule has 64 valence electrons. The highest BCUT2D eigenvalue weighted by Gasteiger charge is 1.98. The average molecular weight is 202 g/mol. The lowest BCUT2D eigenvalue weighted by Crippen LogP contribution is -1.89.